The Kier molecular flexibility index (Phi) is 4.04. The number of hydrogen-bond donors (Lipinski definition) is 2. The molecule has 2 fully saturated rings. The number of amides is 3. The molecule has 0 spiro atoms. The number of piperidine rings is 1. The van der Waals surface area contributed by atoms with Crippen LogP contribution < -0.4 is 20.4 Å². The van der Waals surface area contributed by atoms with E-state index in [0.717, 1.165) is 37.3 Å². The van der Waals surface area contributed by atoms with Crippen LogP contribution in [0, 0.1) is 0 Å². The summed E-state index contributed by atoms with van der Waals surface area (Å²) in [5.74, 6) is 0.447. The number of imide groups is 1. The van der Waals surface area contributed by atoms with E-state index >= 15 is 0 Å². The zero-order chi connectivity index (χ0) is 17.4. The van der Waals surface area contributed by atoms with E-state index in [-0.39, 0.29) is 5.91 Å². The maximum atomic E-state index is 12.1. The summed E-state index contributed by atoms with van der Waals surface area (Å²) in [7, 11) is 2.02. The summed E-state index contributed by atoms with van der Waals surface area (Å²) < 4.78 is 1.89. The predicted octanol–water partition coefficient (Wildman–Crippen LogP) is 0.969. The molecule has 8 heteroatoms. The molecule has 0 bridgehead atoms. The van der Waals surface area contributed by atoms with Crippen LogP contribution in [0.25, 0.3) is 5.65 Å². The van der Waals surface area contributed by atoms with E-state index in [4.69, 9.17) is 0 Å². The Balaban J connectivity index is 1.57. The maximum Gasteiger partial charge on any atom is 0.329 e. The number of imidazole rings is 1. The first-order valence-electron chi connectivity index (χ1n) is 8.66. The van der Waals surface area contributed by atoms with E-state index in [0.29, 0.717) is 24.8 Å². The van der Waals surface area contributed by atoms with Crippen LogP contribution in [0.4, 0.5) is 16.3 Å². The predicted molar refractivity (Wildman–Crippen MR) is 95.0 cm³/mol. The smallest absolute Gasteiger partial charge is 0.329 e. The summed E-state index contributed by atoms with van der Waals surface area (Å²) in [6.45, 7) is 2.41. The molecule has 25 heavy (non-hydrogen) atoms. The number of pyridine rings is 1. The molecule has 2 saturated heterocycles. The molecule has 4 heterocycles. The lowest BCUT2D eigenvalue weighted by molar-refractivity contribution is -0.120. The maximum absolute atomic E-state index is 12.1. The molecule has 0 aromatic carbocycles. The summed E-state index contributed by atoms with van der Waals surface area (Å²) in [4.78, 5) is 31.8. The van der Waals surface area contributed by atoms with E-state index in [1.165, 1.54) is 0 Å². The lowest BCUT2D eigenvalue weighted by atomic mass is 10.0. The third kappa shape index (κ3) is 2.93. The van der Waals surface area contributed by atoms with Gasteiger partial charge >= 0.3 is 6.03 Å². The van der Waals surface area contributed by atoms with Crippen LogP contribution in [-0.4, -0.2) is 54.0 Å². The highest BCUT2D eigenvalue weighted by molar-refractivity contribution is 6.05. The summed E-state index contributed by atoms with van der Waals surface area (Å²) in [5.41, 5.74) is 1.95. The quantitative estimate of drug-likeness (QED) is 0.869. The third-order valence-electron chi connectivity index (χ3n) is 5.08. The first kappa shape index (κ1) is 15.9. The average Bonchev–Trinajstić information content (AvgIpc) is 3.05. The summed E-state index contributed by atoms with van der Waals surface area (Å²) in [6.07, 6.45) is 6.19. The molecule has 2 aromatic heterocycles. The fourth-order valence-electron chi connectivity index (χ4n) is 3.56. The van der Waals surface area contributed by atoms with Gasteiger partial charge in [0, 0.05) is 50.0 Å². The molecular weight excluding hydrogens is 320 g/mol. The van der Waals surface area contributed by atoms with Gasteiger partial charge in [0.05, 0.1) is 6.20 Å². The second-order valence-electron chi connectivity index (χ2n) is 6.53. The molecule has 2 aliphatic heterocycles. The van der Waals surface area contributed by atoms with Crippen molar-refractivity contribution in [3.63, 3.8) is 0 Å². The minimum absolute atomic E-state index is 0.234. The normalized spacial score (nSPS) is 19.6. The highest BCUT2D eigenvalue weighted by Crippen LogP contribution is 2.25. The Bertz CT molecular complexity index is 809. The Hall–Kier alpha value is -2.61. The van der Waals surface area contributed by atoms with Gasteiger partial charge in [0.2, 0.25) is 5.91 Å². The van der Waals surface area contributed by atoms with Crippen LogP contribution in [0.3, 0.4) is 0 Å². The molecule has 0 radical (unpaired) electrons. The Morgan fingerprint density at radius 1 is 1.24 bits per heavy atom. The number of nitrogens with zero attached hydrogens (tertiary/aromatic N) is 4. The number of carbonyl (C=O) groups excluding carboxylic acids is 2. The van der Waals surface area contributed by atoms with E-state index in [1.807, 2.05) is 17.6 Å². The number of urea groups is 1. The fourth-order valence-corrected chi connectivity index (χ4v) is 3.56. The molecular formula is C17H22N6O2. The van der Waals surface area contributed by atoms with Crippen molar-refractivity contribution in [2.45, 2.75) is 25.3 Å². The number of rotatable bonds is 3. The van der Waals surface area contributed by atoms with Crippen LogP contribution in [0.1, 0.15) is 19.3 Å². The number of carbonyl (C=O) groups is 2. The summed E-state index contributed by atoms with van der Waals surface area (Å²) in [6, 6.07) is 4.32. The van der Waals surface area contributed by atoms with Gasteiger partial charge in [-0.15, -0.1) is 0 Å². The highest BCUT2D eigenvalue weighted by atomic mass is 16.2. The van der Waals surface area contributed by atoms with E-state index < -0.39 is 6.03 Å². The van der Waals surface area contributed by atoms with Gasteiger partial charge in [0.25, 0.3) is 0 Å². The second-order valence-corrected chi connectivity index (χ2v) is 6.53. The fraction of sp³-hybridized carbons (Fsp3) is 0.471. The molecule has 3 amide bonds. The Morgan fingerprint density at radius 2 is 2.04 bits per heavy atom. The highest BCUT2D eigenvalue weighted by Gasteiger charge is 2.26. The first-order valence-corrected chi connectivity index (χ1v) is 8.66. The molecule has 2 N–H and O–H groups in total. The van der Waals surface area contributed by atoms with Crippen molar-refractivity contribution in [3.8, 4) is 0 Å². The van der Waals surface area contributed by atoms with Crippen molar-refractivity contribution in [3.05, 3.63) is 24.5 Å². The average molecular weight is 342 g/mol. The van der Waals surface area contributed by atoms with Gasteiger partial charge in [-0.1, -0.05) is 0 Å². The molecule has 132 valence electrons. The number of nitrogens with one attached hydrogen (secondary N) is 2. The van der Waals surface area contributed by atoms with Crippen LogP contribution in [0.5, 0.6) is 0 Å². The Labute approximate surface area is 145 Å². The molecule has 2 aromatic rings. The third-order valence-corrected chi connectivity index (χ3v) is 5.08. The van der Waals surface area contributed by atoms with Gasteiger partial charge in [-0.3, -0.25) is 19.4 Å². The molecule has 4 rings (SSSR count). The number of anilines is 2. The van der Waals surface area contributed by atoms with Crippen LogP contribution in [0.15, 0.2) is 24.5 Å². The van der Waals surface area contributed by atoms with Crippen LogP contribution >= 0.6 is 0 Å². The largest absolute Gasteiger partial charge is 0.371 e. The monoisotopic (exact) mass is 342 g/mol. The van der Waals surface area contributed by atoms with Gasteiger partial charge in [0.15, 0.2) is 0 Å². The van der Waals surface area contributed by atoms with Gasteiger partial charge in [0.1, 0.15) is 11.5 Å². The minimum Gasteiger partial charge on any atom is -0.371 e. The Morgan fingerprint density at radius 3 is 2.76 bits per heavy atom. The second kappa shape index (κ2) is 6.36. The standard InChI is InChI=1S/C17H22N6O2/c1-18-12-2-6-21(7-3-12)13-4-8-22-14(10-13)19-11-16(22)23-9-5-15(24)20-17(23)25/h4,8,10-12,18H,2-3,5-7,9H2,1H3,(H,20,24,25). The number of hydrogen-bond acceptors (Lipinski definition) is 5. The minimum atomic E-state index is -0.392. The van der Waals surface area contributed by atoms with Gasteiger partial charge in [-0.25, -0.2) is 9.78 Å². The van der Waals surface area contributed by atoms with Crippen molar-refractivity contribution in [2.24, 2.45) is 0 Å². The summed E-state index contributed by atoms with van der Waals surface area (Å²) in [5, 5.41) is 5.69. The zero-order valence-corrected chi connectivity index (χ0v) is 14.2. The van der Waals surface area contributed by atoms with E-state index in [2.05, 4.69) is 32.7 Å². The van der Waals surface area contributed by atoms with Gasteiger partial charge < -0.3 is 10.2 Å². The van der Waals surface area contributed by atoms with E-state index in [1.54, 1.807) is 11.1 Å². The zero-order valence-electron chi connectivity index (χ0n) is 14.2. The van der Waals surface area contributed by atoms with Crippen LogP contribution in [-0.2, 0) is 4.79 Å². The molecule has 0 aliphatic carbocycles. The molecule has 0 unspecified atom stereocenters. The van der Waals surface area contributed by atoms with Crippen molar-refractivity contribution in [1.82, 2.24) is 20.0 Å². The van der Waals surface area contributed by atoms with Crippen molar-refractivity contribution < 1.29 is 9.59 Å². The molecule has 0 saturated carbocycles. The number of aromatic nitrogens is 2. The lowest BCUT2D eigenvalue weighted by Gasteiger charge is -2.33. The lowest BCUT2D eigenvalue weighted by Crippen LogP contribution is -2.50. The van der Waals surface area contributed by atoms with Gasteiger partial charge in [-0.05, 0) is 26.0 Å². The molecule has 2 aliphatic rings. The van der Waals surface area contributed by atoms with E-state index in [9.17, 15) is 9.59 Å². The first-order chi connectivity index (χ1) is 12.2. The molecule has 8 nitrogen and oxygen atoms in total. The van der Waals surface area contributed by atoms with Crippen molar-refractivity contribution in [2.75, 3.05) is 36.5 Å². The molecule has 0 atom stereocenters. The SMILES string of the molecule is CNC1CCN(c2ccn3c(N4CCC(=O)NC4=O)cnc3c2)CC1. The number of fused-ring (bicyclic) bond motifs is 1. The summed E-state index contributed by atoms with van der Waals surface area (Å²) >= 11 is 0. The van der Waals surface area contributed by atoms with Gasteiger partial charge in [-0.2, -0.15) is 0 Å². The van der Waals surface area contributed by atoms with Crippen LogP contribution in [0.2, 0.25) is 0 Å². The van der Waals surface area contributed by atoms with Crippen molar-refractivity contribution >= 4 is 29.1 Å². The van der Waals surface area contributed by atoms with Crippen molar-refractivity contribution in [1.29, 1.82) is 0 Å². The topological polar surface area (TPSA) is 82.0 Å².